The summed E-state index contributed by atoms with van der Waals surface area (Å²) in [6.45, 7) is 11.6. The predicted octanol–water partition coefficient (Wildman–Crippen LogP) is 4.82. The fourth-order valence-electron chi connectivity index (χ4n) is 6.46. The zero-order valence-corrected chi connectivity index (χ0v) is 20.6. The molecule has 1 aliphatic heterocycles. The van der Waals surface area contributed by atoms with Crippen LogP contribution in [0.25, 0.3) is 5.57 Å². The number of hydrogen-bond donors (Lipinski definition) is 0. The number of aryl methyl sites for hydroxylation is 1. The number of carbonyl (C=O) groups is 3. The first-order chi connectivity index (χ1) is 16.6. The summed E-state index contributed by atoms with van der Waals surface area (Å²) in [4.78, 5) is 39.5. The summed E-state index contributed by atoms with van der Waals surface area (Å²) in [6, 6.07) is 12.6. The number of hydrogen-bond acceptors (Lipinski definition) is 6. The molecule has 35 heavy (non-hydrogen) atoms. The lowest BCUT2D eigenvalue weighted by atomic mass is 9.49. The zero-order chi connectivity index (χ0) is 25.1. The van der Waals surface area contributed by atoms with Crippen LogP contribution in [0.3, 0.4) is 0 Å². The van der Waals surface area contributed by atoms with Gasteiger partial charge < -0.3 is 14.2 Å². The summed E-state index contributed by atoms with van der Waals surface area (Å²) in [5.41, 5.74) is 3.01. The van der Waals surface area contributed by atoms with Crippen LogP contribution in [0.1, 0.15) is 71.0 Å². The van der Waals surface area contributed by atoms with Gasteiger partial charge in [0.05, 0.1) is 18.1 Å². The van der Waals surface area contributed by atoms with Crippen LogP contribution in [-0.2, 0) is 24.4 Å². The first-order valence-electron chi connectivity index (χ1n) is 12.0. The van der Waals surface area contributed by atoms with E-state index in [0.717, 1.165) is 22.3 Å². The Kier molecular flexibility index (Phi) is 5.48. The van der Waals surface area contributed by atoms with Crippen LogP contribution in [0.5, 0.6) is 0 Å². The van der Waals surface area contributed by atoms with E-state index in [1.54, 1.807) is 24.3 Å². The maximum atomic E-state index is 14.0. The van der Waals surface area contributed by atoms with Gasteiger partial charge in [-0.1, -0.05) is 37.3 Å². The molecule has 0 amide bonds. The third-order valence-corrected chi connectivity index (χ3v) is 8.04. The zero-order valence-electron chi connectivity index (χ0n) is 20.6. The van der Waals surface area contributed by atoms with E-state index in [0.29, 0.717) is 24.0 Å². The van der Waals surface area contributed by atoms with Crippen molar-refractivity contribution in [1.82, 2.24) is 0 Å². The van der Waals surface area contributed by atoms with Crippen LogP contribution in [0.15, 0.2) is 49.0 Å². The van der Waals surface area contributed by atoms with Gasteiger partial charge in [0, 0.05) is 17.9 Å². The number of esters is 2. The van der Waals surface area contributed by atoms with Gasteiger partial charge >= 0.3 is 11.9 Å². The molecule has 0 bridgehead atoms. The Morgan fingerprint density at radius 3 is 2.46 bits per heavy atom. The van der Waals surface area contributed by atoms with E-state index in [2.05, 4.69) is 19.6 Å². The van der Waals surface area contributed by atoms with Gasteiger partial charge in [-0.25, -0.2) is 4.79 Å². The van der Waals surface area contributed by atoms with Crippen LogP contribution >= 0.6 is 0 Å². The second-order valence-corrected chi connectivity index (χ2v) is 10.3. The molecule has 5 atom stereocenters. The number of benzene rings is 2. The summed E-state index contributed by atoms with van der Waals surface area (Å²) in [5, 5.41) is 0. The van der Waals surface area contributed by atoms with Crippen molar-refractivity contribution in [2.45, 2.75) is 63.8 Å². The molecule has 182 valence electrons. The highest BCUT2D eigenvalue weighted by atomic mass is 16.6. The number of carbonyl (C=O) groups excluding carboxylic acids is 3. The van der Waals surface area contributed by atoms with Crippen molar-refractivity contribution >= 4 is 23.3 Å². The monoisotopic (exact) mass is 474 g/mol. The highest BCUT2D eigenvalue weighted by molar-refractivity contribution is 6.05. The minimum absolute atomic E-state index is 0.165. The topological polar surface area (TPSA) is 78.9 Å². The number of Topliss-reactive ketones (excluding diaryl/α,β-unsaturated/α-hetero) is 1. The van der Waals surface area contributed by atoms with Gasteiger partial charge in [-0.3, -0.25) is 9.59 Å². The molecule has 2 aromatic carbocycles. The first kappa shape index (κ1) is 23.5. The Balaban J connectivity index is 1.69. The van der Waals surface area contributed by atoms with Gasteiger partial charge in [-0.2, -0.15) is 0 Å². The van der Waals surface area contributed by atoms with E-state index in [1.807, 2.05) is 26.0 Å². The smallest absolute Gasteiger partial charge is 0.338 e. The van der Waals surface area contributed by atoms with E-state index in [9.17, 15) is 14.4 Å². The van der Waals surface area contributed by atoms with Crippen molar-refractivity contribution in [3.05, 3.63) is 76.9 Å². The van der Waals surface area contributed by atoms with E-state index >= 15 is 0 Å². The Hall–Kier alpha value is -3.25. The molecule has 0 aromatic heterocycles. The molecular weight excluding hydrogens is 444 g/mol. The van der Waals surface area contributed by atoms with Crippen molar-refractivity contribution in [2.75, 3.05) is 6.61 Å². The van der Waals surface area contributed by atoms with Gasteiger partial charge in [0.2, 0.25) is 5.78 Å². The number of ether oxygens (including phenoxy) is 3. The molecule has 0 radical (unpaired) electrons. The molecule has 2 aliphatic carbocycles. The Labute approximate surface area is 205 Å². The standard InChI is InChI=1S/C29H30O6/c1-16(2)20-14-22-21(13-17(20)3)24(31)25(34-27(32)19-9-7-6-8-10-19)26-28(22,5)12-11-23-29(26,15-33-23)35-18(4)30/h6-10,13-14,23,25-26H,1,11-12,15H2,2-5H3/t23?,25-,26?,28+,29+/m1/s1. The fraction of sp³-hybridized carbons (Fsp3) is 0.414. The number of ketones is 1. The quantitative estimate of drug-likeness (QED) is 0.592. The lowest BCUT2D eigenvalue weighted by Gasteiger charge is -2.63. The van der Waals surface area contributed by atoms with Crippen LogP contribution in [-0.4, -0.2) is 42.1 Å². The van der Waals surface area contributed by atoms with Crippen LogP contribution in [0.4, 0.5) is 0 Å². The highest BCUT2D eigenvalue weighted by Gasteiger charge is 2.70. The predicted molar refractivity (Wildman–Crippen MR) is 130 cm³/mol. The molecule has 3 aliphatic rings. The molecule has 2 fully saturated rings. The fourth-order valence-corrected chi connectivity index (χ4v) is 6.46. The van der Waals surface area contributed by atoms with E-state index in [-0.39, 0.29) is 18.5 Å². The lowest BCUT2D eigenvalue weighted by Crippen LogP contribution is -2.75. The minimum atomic E-state index is -1.11. The average Bonchev–Trinajstić information content (AvgIpc) is 2.80. The molecule has 5 rings (SSSR count). The molecular formula is C29H30O6. The second-order valence-electron chi connectivity index (χ2n) is 10.3. The second kappa shape index (κ2) is 8.16. The maximum Gasteiger partial charge on any atom is 0.338 e. The largest absolute Gasteiger partial charge is 0.453 e. The van der Waals surface area contributed by atoms with Crippen molar-refractivity contribution in [3.63, 3.8) is 0 Å². The average molecular weight is 475 g/mol. The molecule has 1 heterocycles. The Bertz CT molecular complexity index is 1250. The van der Waals surface area contributed by atoms with Crippen LogP contribution < -0.4 is 0 Å². The Morgan fingerprint density at radius 1 is 1.14 bits per heavy atom. The minimum Gasteiger partial charge on any atom is -0.453 e. The first-order valence-corrected chi connectivity index (χ1v) is 12.0. The van der Waals surface area contributed by atoms with Gasteiger partial charge in [-0.05, 0) is 67.6 Å². The highest BCUT2D eigenvalue weighted by Crippen LogP contribution is 2.59. The number of allylic oxidation sites excluding steroid dienone is 1. The van der Waals surface area contributed by atoms with E-state index in [4.69, 9.17) is 14.2 Å². The van der Waals surface area contributed by atoms with Crippen molar-refractivity contribution in [2.24, 2.45) is 5.92 Å². The Morgan fingerprint density at radius 2 is 1.86 bits per heavy atom. The van der Waals surface area contributed by atoms with E-state index < -0.39 is 35.0 Å². The number of fused-ring (bicyclic) bond motifs is 5. The molecule has 6 nitrogen and oxygen atoms in total. The number of rotatable bonds is 4. The normalized spacial score (nSPS) is 30.7. The van der Waals surface area contributed by atoms with Gasteiger partial charge in [0.15, 0.2) is 11.7 Å². The van der Waals surface area contributed by atoms with Crippen molar-refractivity contribution < 1.29 is 28.6 Å². The van der Waals surface area contributed by atoms with Gasteiger partial charge in [0.1, 0.15) is 6.10 Å². The summed E-state index contributed by atoms with van der Waals surface area (Å²) in [6.07, 6.45) is -0.0862. The van der Waals surface area contributed by atoms with Crippen LogP contribution in [0, 0.1) is 12.8 Å². The SMILES string of the molecule is C=C(C)c1cc2c(cc1C)C(=O)[C@@H](OC(=O)c1ccccc1)C1[C@]3(OC(C)=O)COC3CC[C@@]21C. The van der Waals surface area contributed by atoms with Crippen LogP contribution in [0.2, 0.25) is 0 Å². The molecule has 6 heteroatoms. The van der Waals surface area contributed by atoms with Crippen molar-refractivity contribution in [3.8, 4) is 0 Å². The molecule has 2 unspecified atom stereocenters. The molecule has 0 spiro atoms. The van der Waals surface area contributed by atoms with Gasteiger partial charge in [0.25, 0.3) is 0 Å². The van der Waals surface area contributed by atoms with Gasteiger partial charge in [-0.15, -0.1) is 0 Å². The molecule has 2 aromatic rings. The summed E-state index contributed by atoms with van der Waals surface area (Å²) < 4.78 is 17.8. The summed E-state index contributed by atoms with van der Waals surface area (Å²) in [5.74, 6) is -1.88. The third-order valence-electron chi connectivity index (χ3n) is 8.04. The maximum absolute atomic E-state index is 14.0. The molecule has 0 N–H and O–H groups in total. The molecule has 1 saturated carbocycles. The van der Waals surface area contributed by atoms with E-state index in [1.165, 1.54) is 6.92 Å². The summed E-state index contributed by atoms with van der Waals surface area (Å²) >= 11 is 0. The third kappa shape index (κ3) is 3.46. The van der Waals surface area contributed by atoms with Crippen molar-refractivity contribution in [1.29, 1.82) is 0 Å². The summed E-state index contributed by atoms with van der Waals surface area (Å²) in [7, 11) is 0. The lowest BCUT2D eigenvalue weighted by molar-refractivity contribution is -0.306. The molecule has 1 saturated heterocycles.